The van der Waals surface area contributed by atoms with Crippen LogP contribution in [0.3, 0.4) is 0 Å². The Kier molecular flexibility index (Phi) is 3.63. The van der Waals surface area contributed by atoms with Gasteiger partial charge in [-0.25, -0.2) is 4.98 Å². The Hall–Kier alpha value is -1.99. The number of aromatic nitrogens is 1. The van der Waals surface area contributed by atoms with Crippen LogP contribution in [0.15, 0.2) is 47.4 Å². The fourth-order valence-electron chi connectivity index (χ4n) is 1.35. The van der Waals surface area contributed by atoms with Crippen LogP contribution in [0.5, 0.6) is 11.6 Å². The molecule has 0 atom stereocenters. The van der Waals surface area contributed by atoms with Gasteiger partial charge >= 0.3 is 0 Å². The van der Waals surface area contributed by atoms with E-state index in [1.54, 1.807) is 30.0 Å². The highest BCUT2D eigenvalue weighted by Gasteiger charge is 2.04. The fourth-order valence-corrected chi connectivity index (χ4v) is 1.88. The van der Waals surface area contributed by atoms with E-state index in [0.717, 1.165) is 10.6 Å². The quantitative estimate of drug-likeness (QED) is 0.773. The topological polar surface area (TPSA) is 45.9 Å². The molecule has 3 nitrogen and oxygen atoms in total. The van der Waals surface area contributed by atoms with Gasteiger partial charge in [0.1, 0.15) is 17.5 Å². The lowest BCUT2D eigenvalue weighted by molar-refractivity contribution is 0.452. The molecule has 2 aromatic rings. The molecule has 0 fully saturated rings. The number of nitrogens with zero attached hydrogens (tertiary/aromatic N) is 2. The van der Waals surface area contributed by atoms with Gasteiger partial charge < -0.3 is 4.74 Å². The molecule has 0 saturated carbocycles. The second-order valence-corrected chi connectivity index (χ2v) is 4.07. The van der Waals surface area contributed by atoms with Crippen LogP contribution in [0.1, 0.15) is 5.69 Å². The first-order chi connectivity index (χ1) is 8.33. The molecule has 17 heavy (non-hydrogen) atoms. The van der Waals surface area contributed by atoms with Crippen LogP contribution in [0.25, 0.3) is 0 Å². The van der Waals surface area contributed by atoms with Crippen molar-refractivity contribution >= 4 is 11.8 Å². The largest absolute Gasteiger partial charge is 0.438 e. The molecule has 84 valence electrons. The molecule has 1 aromatic carbocycles. The molecule has 0 unspecified atom stereocenters. The van der Waals surface area contributed by atoms with E-state index in [2.05, 4.69) is 4.98 Å². The summed E-state index contributed by atoms with van der Waals surface area (Å²) in [7, 11) is 0. The van der Waals surface area contributed by atoms with Crippen LogP contribution in [-0.2, 0) is 0 Å². The Bertz CT molecular complexity index is 563. The molecule has 0 radical (unpaired) electrons. The molecule has 4 heteroatoms. The minimum atomic E-state index is 0.351. The van der Waals surface area contributed by atoms with Crippen molar-refractivity contribution in [2.75, 3.05) is 6.26 Å². The summed E-state index contributed by atoms with van der Waals surface area (Å²) in [6.07, 6.45) is 1.99. The highest BCUT2D eigenvalue weighted by molar-refractivity contribution is 7.98. The van der Waals surface area contributed by atoms with Crippen molar-refractivity contribution in [1.82, 2.24) is 4.98 Å². The second kappa shape index (κ2) is 5.37. The van der Waals surface area contributed by atoms with Gasteiger partial charge in [-0.05, 0) is 24.5 Å². The molecule has 0 N–H and O–H groups in total. The smallest absolute Gasteiger partial charge is 0.220 e. The molecule has 0 bridgehead atoms. The molecule has 0 aliphatic heterocycles. The number of hydrogen-bond donors (Lipinski definition) is 0. The normalized spacial score (nSPS) is 9.65. The summed E-state index contributed by atoms with van der Waals surface area (Å²) in [6, 6.07) is 14.8. The standard InChI is InChI=1S/C13H10N2OS/c1-17-12-7-3-2-6-11(12)16-13-8-4-5-10(9-14)15-13/h2-8H,1H3. The molecule has 0 amide bonds. The predicted octanol–water partition coefficient (Wildman–Crippen LogP) is 3.47. The lowest BCUT2D eigenvalue weighted by Gasteiger charge is -2.08. The van der Waals surface area contributed by atoms with E-state index in [-0.39, 0.29) is 0 Å². The van der Waals surface area contributed by atoms with Gasteiger partial charge in [0.05, 0.1) is 0 Å². The van der Waals surface area contributed by atoms with E-state index in [9.17, 15) is 0 Å². The monoisotopic (exact) mass is 242 g/mol. The second-order valence-electron chi connectivity index (χ2n) is 3.23. The van der Waals surface area contributed by atoms with Gasteiger partial charge in [0.25, 0.3) is 0 Å². The lowest BCUT2D eigenvalue weighted by atomic mass is 10.3. The maximum Gasteiger partial charge on any atom is 0.220 e. The minimum Gasteiger partial charge on any atom is -0.438 e. The van der Waals surface area contributed by atoms with Gasteiger partial charge in [0.15, 0.2) is 0 Å². The number of ether oxygens (including phenoxy) is 1. The molecule has 2 rings (SSSR count). The summed E-state index contributed by atoms with van der Waals surface area (Å²) in [4.78, 5) is 5.11. The summed E-state index contributed by atoms with van der Waals surface area (Å²) in [5.41, 5.74) is 0.351. The Morgan fingerprint density at radius 2 is 2.00 bits per heavy atom. The number of nitriles is 1. The number of para-hydroxylation sites is 1. The van der Waals surface area contributed by atoms with Crippen LogP contribution in [0.4, 0.5) is 0 Å². The predicted molar refractivity (Wildman–Crippen MR) is 67.2 cm³/mol. The number of pyridine rings is 1. The summed E-state index contributed by atoms with van der Waals surface area (Å²) in [6.45, 7) is 0. The van der Waals surface area contributed by atoms with Gasteiger partial charge in [-0.2, -0.15) is 5.26 Å². The zero-order chi connectivity index (χ0) is 12.1. The zero-order valence-corrected chi connectivity index (χ0v) is 10.1. The third kappa shape index (κ3) is 2.77. The number of hydrogen-bond acceptors (Lipinski definition) is 4. The molecule has 1 aromatic heterocycles. The summed E-state index contributed by atoms with van der Waals surface area (Å²) >= 11 is 1.61. The van der Waals surface area contributed by atoms with Crippen LogP contribution < -0.4 is 4.74 Å². The molecule has 0 aliphatic rings. The van der Waals surface area contributed by atoms with Crippen LogP contribution >= 0.6 is 11.8 Å². The highest BCUT2D eigenvalue weighted by atomic mass is 32.2. The van der Waals surface area contributed by atoms with Crippen molar-refractivity contribution in [3.8, 4) is 17.7 Å². The first-order valence-corrected chi connectivity index (χ1v) is 6.24. The third-order valence-corrected chi connectivity index (χ3v) is 2.90. The van der Waals surface area contributed by atoms with Crippen molar-refractivity contribution in [3.05, 3.63) is 48.2 Å². The van der Waals surface area contributed by atoms with Crippen LogP contribution in [-0.4, -0.2) is 11.2 Å². The van der Waals surface area contributed by atoms with Gasteiger partial charge in [-0.15, -0.1) is 11.8 Å². The molecule has 0 spiro atoms. The average Bonchev–Trinajstić information content (AvgIpc) is 2.39. The Balaban J connectivity index is 2.28. The SMILES string of the molecule is CSc1ccccc1Oc1cccc(C#N)n1. The molecule has 1 heterocycles. The molecule has 0 saturated heterocycles. The average molecular weight is 242 g/mol. The van der Waals surface area contributed by atoms with E-state index in [4.69, 9.17) is 10.00 Å². The molecule has 0 aliphatic carbocycles. The van der Waals surface area contributed by atoms with Crippen LogP contribution in [0, 0.1) is 11.3 Å². The fraction of sp³-hybridized carbons (Fsp3) is 0.0769. The Labute approximate surface area is 104 Å². The zero-order valence-electron chi connectivity index (χ0n) is 9.25. The van der Waals surface area contributed by atoms with Gasteiger partial charge in [0.2, 0.25) is 5.88 Å². The maximum absolute atomic E-state index is 8.76. The summed E-state index contributed by atoms with van der Waals surface area (Å²) < 4.78 is 5.66. The van der Waals surface area contributed by atoms with E-state index in [1.807, 2.05) is 36.6 Å². The minimum absolute atomic E-state index is 0.351. The highest BCUT2D eigenvalue weighted by Crippen LogP contribution is 2.30. The van der Waals surface area contributed by atoms with E-state index >= 15 is 0 Å². The summed E-state index contributed by atoms with van der Waals surface area (Å²) in [5, 5.41) is 8.76. The van der Waals surface area contributed by atoms with Gasteiger partial charge in [-0.3, -0.25) is 0 Å². The van der Waals surface area contributed by atoms with Crippen molar-refractivity contribution in [2.45, 2.75) is 4.90 Å². The van der Waals surface area contributed by atoms with Gasteiger partial charge in [-0.1, -0.05) is 18.2 Å². The van der Waals surface area contributed by atoms with E-state index in [1.165, 1.54) is 0 Å². The van der Waals surface area contributed by atoms with Crippen molar-refractivity contribution in [3.63, 3.8) is 0 Å². The van der Waals surface area contributed by atoms with Crippen LogP contribution in [0.2, 0.25) is 0 Å². The summed E-state index contributed by atoms with van der Waals surface area (Å²) in [5.74, 6) is 1.19. The van der Waals surface area contributed by atoms with E-state index < -0.39 is 0 Å². The first kappa shape index (κ1) is 11.5. The van der Waals surface area contributed by atoms with Crippen molar-refractivity contribution in [1.29, 1.82) is 5.26 Å². The number of benzene rings is 1. The van der Waals surface area contributed by atoms with Gasteiger partial charge in [0, 0.05) is 11.0 Å². The lowest BCUT2D eigenvalue weighted by Crippen LogP contribution is -1.91. The van der Waals surface area contributed by atoms with E-state index in [0.29, 0.717) is 11.6 Å². The van der Waals surface area contributed by atoms with Crippen molar-refractivity contribution in [2.24, 2.45) is 0 Å². The van der Waals surface area contributed by atoms with Crippen molar-refractivity contribution < 1.29 is 4.74 Å². The maximum atomic E-state index is 8.76. The first-order valence-electron chi connectivity index (χ1n) is 5.01. The molecular formula is C13H10N2OS. The third-order valence-electron chi connectivity index (χ3n) is 2.12. The molecular weight excluding hydrogens is 232 g/mol. The Morgan fingerprint density at radius 1 is 1.18 bits per heavy atom. The Morgan fingerprint density at radius 3 is 2.76 bits per heavy atom. The number of thioether (sulfide) groups is 1. The number of rotatable bonds is 3.